The van der Waals surface area contributed by atoms with Gasteiger partial charge in [0.1, 0.15) is 5.75 Å². The molecular weight excluding hydrogens is 474 g/mol. The fraction of sp³-hybridized carbons (Fsp3) is 0.105. The summed E-state index contributed by atoms with van der Waals surface area (Å²) in [5.41, 5.74) is 0.905. The zero-order valence-electron chi connectivity index (χ0n) is 15.5. The highest BCUT2D eigenvalue weighted by Gasteiger charge is 2.18. The van der Waals surface area contributed by atoms with E-state index in [2.05, 4.69) is 38.0 Å². The lowest BCUT2D eigenvalue weighted by Crippen LogP contribution is -2.14. The van der Waals surface area contributed by atoms with Gasteiger partial charge in [-0.25, -0.2) is 0 Å². The molecule has 2 N–H and O–H groups in total. The van der Waals surface area contributed by atoms with E-state index in [1.165, 1.54) is 36.0 Å². The summed E-state index contributed by atoms with van der Waals surface area (Å²) in [4.78, 5) is 22.5. The van der Waals surface area contributed by atoms with Crippen molar-refractivity contribution >= 4 is 45.0 Å². The Bertz CT molecular complexity index is 1100. The molecule has 1 amide bonds. The number of amides is 1. The van der Waals surface area contributed by atoms with Crippen molar-refractivity contribution < 1.29 is 14.8 Å². The van der Waals surface area contributed by atoms with Crippen molar-refractivity contribution in [1.82, 2.24) is 14.8 Å². The topological polar surface area (TPSA) is 123 Å². The Morgan fingerprint density at radius 3 is 2.70 bits per heavy atom. The fourth-order valence-corrected chi connectivity index (χ4v) is 3.68. The average molecular weight is 490 g/mol. The minimum Gasteiger partial charge on any atom is -0.507 e. The van der Waals surface area contributed by atoms with Crippen LogP contribution in [-0.4, -0.2) is 36.5 Å². The SMILES string of the molecule is C=CCn1c(SCC(=O)Nc2ccc([N+](=O)[O-])cc2)nnc1-c1cc(Br)ccc1O. The number of non-ortho nitro benzene ring substituents is 1. The van der Waals surface area contributed by atoms with E-state index < -0.39 is 4.92 Å². The molecule has 3 aromatic rings. The zero-order chi connectivity index (χ0) is 21.7. The maximum absolute atomic E-state index is 12.3. The Kier molecular flexibility index (Phi) is 6.85. The van der Waals surface area contributed by atoms with E-state index in [1.807, 2.05) is 0 Å². The Labute approximate surface area is 184 Å². The predicted octanol–water partition coefficient (Wildman–Crippen LogP) is 4.24. The molecule has 154 valence electrons. The molecule has 0 bridgehead atoms. The van der Waals surface area contributed by atoms with Gasteiger partial charge in [-0.3, -0.25) is 19.5 Å². The Morgan fingerprint density at radius 2 is 2.03 bits per heavy atom. The summed E-state index contributed by atoms with van der Waals surface area (Å²) >= 11 is 4.55. The number of anilines is 1. The van der Waals surface area contributed by atoms with Gasteiger partial charge in [0.05, 0.1) is 16.2 Å². The van der Waals surface area contributed by atoms with Crippen LogP contribution < -0.4 is 5.32 Å². The van der Waals surface area contributed by atoms with Crippen molar-refractivity contribution in [3.05, 3.63) is 69.7 Å². The molecule has 0 spiro atoms. The maximum atomic E-state index is 12.3. The number of phenols is 1. The Hall–Kier alpha value is -3.18. The van der Waals surface area contributed by atoms with Crippen molar-refractivity contribution in [2.24, 2.45) is 0 Å². The fourth-order valence-electron chi connectivity index (χ4n) is 2.57. The number of aromatic nitrogens is 3. The molecule has 9 nitrogen and oxygen atoms in total. The van der Waals surface area contributed by atoms with Crippen LogP contribution in [0.4, 0.5) is 11.4 Å². The van der Waals surface area contributed by atoms with Crippen LogP contribution >= 0.6 is 27.7 Å². The number of nitrogens with one attached hydrogen (secondary N) is 1. The first-order chi connectivity index (χ1) is 14.4. The number of nitro groups is 1. The summed E-state index contributed by atoms with van der Waals surface area (Å²) in [7, 11) is 0. The molecule has 30 heavy (non-hydrogen) atoms. The minimum absolute atomic E-state index is 0.0523. The molecular formula is C19H16BrN5O4S. The van der Waals surface area contributed by atoms with Crippen molar-refractivity contribution in [3.8, 4) is 17.1 Å². The van der Waals surface area contributed by atoms with Gasteiger partial charge in [0, 0.05) is 28.8 Å². The average Bonchev–Trinajstić information content (AvgIpc) is 3.11. The largest absolute Gasteiger partial charge is 0.507 e. The molecule has 0 aliphatic carbocycles. The molecule has 0 saturated heterocycles. The van der Waals surface area contributed by atoms with Crippen LogP contribution in [0.2, 0.25) is 0 Å². The highest BCUT2D eigenvalue weighted by molar-refractivity contribution is 9.10. The molecule has 1 heterocycles. The quantitative estimate of drug-likeness (QED) is 0.210. The van der Waals surface area contributed by atoms with Crippen molar-refractivity contribution in [2.75, 3.05) is 11.1 Å². The molecule has 0 aliphatic rings. The zero-order valence-corrected chi connectivity index (χ0v) is 17.9. The van der Waals surface area contributed by atoms with Crippen LogP contribution in [0.5, 0.6) is 5.75 Å². The van der Waals surface area contributed by atoms with E-state index in [4.69, 9.17) is 0 Å². The lowest BCUT2D eigenvalue weighted by Gasteiger charge is -2.09. The number of hydrogen-bond donors (Lipinski definition) is 2. The molecule has 3 rings (SSSR count). The molecule has 2 aromatic carbocycles. The number of phenolic OH excluding ortho intramolecular Hbond substituents is 1. The predicted molar refractivity (Wildman–Crippen MR) is 117 cm³/mol. The third-order valence-electron chi connectivity index (χ3n) is 3.92. The van der Waals surface area contributed by atoms with Gasteiger partial charge in [0.15, 0.2) is 11.0 Å². The monoisotopic (exact) mass is 489 g/mol. The number of halogens is 1. The van der Waals surface area contributed by atoms with E-state index >= 15 is 0 Å². The van der Waals surface area contributed by atoms with Gasteiger partial charge in [0.2, 0.25) is 5.91 Å². The van der Waals surface area contributed by atoms with Gasteiger partial charge in [-0.05, 0) is 30.3 Å². The lowest BCUT2D eigenvalue weighted by atomic mass is 10.2. The summed E-state index contributed by atoms with van der Waals surface area (Å²) in [6.45, 7) is 4.13. The summed E-state index contributed by atoms with van der Waals surface area (Å²) in [6.07, 6.45) is 1.67. The second kappa shape index (κ2) is 9.55. The van der Waals surface area contributed by atoms with Gasteiger partial charge in [-0.15, -0.1) is 16.8 Å². The number of allylic oxidation sites excluding steroid dienone is 1. The summed E-state index contributed by atoms with van der Waals surface area (Å²) < 4.78 is 2.53. The van der Waals surface area contributed by atoms with Crippen LogP contribution in [-0.2, 0) is 11.3 Å². The third kappa shape index (κ3) is 5.05. The summed E-state index contributed by atoms with van der Waals surface area (Å²) in [6, 6.07) is 10.6. The Balaban J connectivity index is 1.72. The molecule has 0 aliphatic heterocycles. The number of carbonyl (C=O) groups excluding carboxylic acids is 1. The number of rotatable bonds is 8. The summed E-state index contributed by atoms with van der Waals surface area (Å²) in [5, 5.41) is 32.4. The highest BCUT2D eigenvalue weighted by atomic mass is 79.9. The molecule has 1 aromatic heterocycles. The standard InChI is InChI=1S/C19H16BrN5O4S/c1-2-9-24-18(15-10-12(20)3-8-16(15)26)22-23-19(24)30-11-17(27)21-13-4-6-14(7-5-13)25(28)29/h2-8,10,26H,1,9,11H2,(H,21,27). The van der Waals surface area contributed by atoms with Gasteiger partial charge in [-0.2, -0.15) is 0 Å². The van der Waals surface area contributed by atoms with E-state index in [1.54, 1.807) is 28.8 Å². The van der Waals surface area contributed by atoms with Gasteiger partial charge in [-0.1, -0.05) is 33.8 Å². The van der Waals surface area contributed by atoms with Gasteiger partial charge in [0.25, 0.3) is 5.69 Å². The maximum Gasteiger partial charge on any atom is 0.269 e. The number of thioether (sulfide) groups is 1. The number of benzene rings is 2. The first-order valence-electron chi connectivity index (χ1n) is 8.59. The highest BCUT2D eigenvalue weighted by Crippen LogP contribution is 2.32. The molecule has 11 heteroatoms. The van der Waals surface area contributed by atoms with Crippen LogP contribution in [0.15, 0.2) is 64.7 Å². The van der Waals surface area contributed by atoms with E-state index in [0.717, 1.165) is 4.47 Å². The van der Waals surface area contributed by atoms with Crippen LogP contribution in [0, 0.1) is 10.1 Å². The van der Waals surface area contributed by atoms with E-state index in [-0.39, 0.29) is 23.1 Å². The summed E-state index contributed by atoms with van der Waals surface area (Å²) in [5.74, 6) is 0.265. The van der Waals surface area contributed by atoms with Gasteiger partial charge >= 0.3 is 0 Å². The molecule has 0 saturated carbocycles. The third-order valence-corrected chi connectivity index (χ3v) is 5.38. The first-order valence-corrected chi connectivity index (χ1v) is 10.4. The smallest absolute Gasteiger partial charge is 0.269 e. The Morgan fingerprint density at radius 1 is 1.30 bits per heavy atom. The second-order valence-corrected chi connectivity index (χ2v) is 7.87. The molecule has 0 atom stereocenters. The van der Waals surface area contributed by atoms with Crippen LogP contribution in [0.3, 0.4) is 0 Å². The number of carbonyl (C=O) groups is 1. The van der Waals surface area contributed by atoms with Crippen LogP contribution in [0.25, 0.3) is 11.4 Å². The number of nitro benzene ring substituents is 1. The normalized spacial score (nSPS) is 10.6. The number of aromatic hydroxyl groups is 1. The molecule has 0 unspecified atom stereocenters. The second-order valence-electron chi connectivity index (χ2n) is 6.01. The van der Waals surface area contributed by atoms with Crippen molar-refractivity contribution in [1.29, 1.82) is 0 Å². The molecule has 0 fully saturated rings. The first kappa shape index (κ1) is 21.5. The van der Waals surface area contributed by atoms with E-state index in [0.29, 0.717) is 28.8 Å². The van der Waals surface area contributed by atoms with Crippen LogP contribution in [0.1, 0.15) is 0 Å². The van der Waals surface area contributed by atoms with E-state index in [9.17, 15) is 20.0 Å². The molecule has 0 radical (unpaired) electrons. The van der Waals surface area contributed by atoms with Gasteiger partial charge < -0.3 is 10.4 Å². The van der Waals surface area contributed by atoms with Crippen molar-refractivity contribution in [3.63, 3.8) is 0 Å². The van der Waals surface area contributed by atoms with Crippen molar-refractivity contribution in [2.45, 2.75) is 11.7 Å². The lowest BCUT2D eigenvalue weighted by molar-refractivity contribution is -0.384. The number of nitrogens with zero attached hydrogens (tertiary/aromatic N) is 4. The number of hydrogen-bond acceptors (Lipinski definition) is 7. The minimum atomic E-state index is -0.505.